The maximum atomic E-state index is 11.5. The van der Waals surface area contributed by atoms with Gasteiger partial charge in [-0.15, -0.1) is 0 Å². The maximum Gasteiger partial charge on any atom is 0.331 e. The van der Waals surface area contributed by atoms with Crippen LogP contribution < -0.4 is 11.5 Å². The molecular formula is C16H19N3O2. The molecule has 0 bridgehead atoms. The van der Waals surface area contributed by atoms with Crippen molar-refractivity contribution in [2.75, 3.05) is 0 Å². The number of amidine groups is 1. The Balaban J connectivity index is 2.46. The molecule has 110 valence electrons. The average molecular weight is 285 g/mol. The minimum Gasteiger partial charge on any atom is -0.458 e. The summed E-state index contributed by atoms with van der Waals surface area (Å²) in [6, 6.07) is 9.41. The predicted octanol–water partition coefficient (Wildman–Crippen LogP) is 2.02. The second-order valence-electron chi connectivity index (χ2n) is 4.11. The first kappa shape index (κ1) is 16.2. The molecule has 0 unspecified atom stereocenters. The van der Waals surface area contributed by atoms with Crippen molar-refractivity contribution in [3.63, 3.8) is 0 Å². The Morgan fingerprint density at radius 3 is 2.57 bits per heavy atom. The van der Waals surface area contributed by atoms with Crippen LogP contribution in [0.4, 0.5) is 0 Å². The van der Waals surface area contributed by atoms with Gasteiger partial charge in [-0.25, -0.2) is 9.79 Å². The molecular weight excluding hydrogens is 266 g/mol. The van der Waals surface area contributed by atoms with E-state index in [1.807, 2.05) is 37.3 Å². The number of ether oxygens (including phenoxy) is 1. The van der Waals surface area contributed by atoms with Crippen molar-refractivity contribution in [1.29, 1.82) is 0 Å². The molecule has 1 aromatic rings. The number of nitrogens with two attached hydrogens (primary N) is 2. The fraction of sp³-hybridized carbons (Fsp3) is 0.125. The lowest BCUT2D eigenvalue weighted by Crippen LogP contribution is -2.09. The van der Waals surface area contributed by atoms with Gasteiger partial charge in [0.25, 0.3) is 0 Å². The van der Waals surface area contributed by atoms with Gasteiger partial charge < -0.3 is 16.2 Å². The minimum absolute atomic E-state index is 0.166. The lowest BCUT2D eigenvalue weighted by Gasteiger charge is -2.01. The summed E-state index contributed by atoms with van der Waals surface area (Å²) < 4.78 is 5.06. The third-order valence-electron chi connectivity index (χ3n) is 2.34. The molecule has 1 rings (SSSR count). The van der Waals surface area contributed by atoms with Crippen LogP contribution in [0.2, 0.25) is 0 Å². The Morgan fingerprint density at radius 2 is 1.90 bits per heavy atom. The fourth-order valence-corrected chi connectivity index (χ4v) is 1.36. The molecule has 0 aliphatic rings. The second kappa shape index (κ2) is 9.14. The van der Waals surface area contributed by atoms with Crippen molar-refractivity contribution in [2.24, 2.45) is 16.5 Å². The minimum atomic E-state index is -0.484. The van der Waals surface area contributed by atoms with Crippen LogP contribution in [0.1, 0.15) is 12.5 Å². The molecule has 1 aromatic carbocycles. The molecule has 0 radical (unpaired) electrons. The highest BCUT2D eigenvalue weighted by atomic mass is 16.5. The van der Waals surface area contributed by atoms with Crippen LogP contribution in [0.25, 0.3) is 0 Å². The molecule has 0 atom stereocenters. The van der Waals surface area contributed by atoms with E-state index in [9.17, 15) is 4.79 Å². The molecule has 0 heterocycles. The smallest absolute Gasteiger partial charge is 0.331 e. The standard InChI is InChI=1S/C16H19N3O2/c1-2-6-14(17)11-19-15(18)9-10-16(20)21-12-13-7-4-3-5-8-13/h2-11H,12,17H2,1H3,(H2,18,19)/b6-2+,10-9+,14-11+. The summed E-state index contributed by atoms with van der Waals surface area (Å²) in [7, 11) is 0. The largest absolute Gasteiger partial charge is 0.458 e. The number of hydrogen-bond donors (Lipinski definition) is 2. The van der Waals surface area contributed by atoms with Crippen molar-refractivity contribution in [2.45, 2.75) is 13.5 Å². The number of nitrogens with zero attached hydrogens (tertiary/aromatic N) is 1. The van der Waals surface area contributed by atoms with Crippen molar-refractivity contribution >= 4 is 11.8 Å². The number of benzene rings is 1. The van der Waals surface area contributed by atoms with E-state index in [1.54, 1.807) is 12.2 Å². The first-order valence-corrected chi connectivity index (χ1v) is 6.42. The molecule has 0 aliphatic carbocycles. The zero-order valence-corrected chi connectivity index (χ0v) is 11.9. The molecule has 0 saturated carbocycles. The summed E-state index contributed by atoms with van der Waals surface area (Å²) in [6.45, 7) is 2.06. The number of carbonyl (C=O) groups excluding carboxylic acids is 1. The highest BCUT2D eigenvalue weighted by Crippen LogP contribution is 2.00. The molecule has 0 spiro atoms. The fourth-order valence-electron chi connectivity index (χ4n) is 1.36. The topological polar surface area (TPSA) is 90.7 Å². The van der Waals surface area contributed by atoms with Crippen LogP contribution in [0.3, 0.4) is 0 Å². The Labute approximate surface area is 124 Å². The summed E-state index contributed by atoms with van der Waals surface area (Å²) in [6.07, 6.45) is 7.48. The molecule has 0 fully saturated rings. The third kappa shape index (κ3) is 7.37. The number of allylic oxidation sites excluding steroid dienone is 2. The summed E-state index contributed by atoms with van der Waals surface area (Å²) in [5.74, 6) is -0.318. The van der Waals surface area contributed by atoms with Crippen LogP contribution in [0.15, 0.2) is 71.5 Å². The number of aliphatic imine (C=N–C) groups is 1. The van der Waals surface area contributed by atoms with Gasteiger partial charge in [0.2, 0.25) is 0 Å². The van der Waals surface area contributed by atoms with E-state index in [4.69, 9.17) is 16.2 Å². The SMILES string of the molecule is C/C=C/C(N)=C\N=C(N)/C=C/C(=O)OCc1ccccc1. The van der Waals surface area contributed by atoms with E-state index in [0.717, 1.165) is 5.56 Å². The third-order valence-corrected chi connectivity index (χ3v) is 2.34. The van der Waals surface area contributed by atoms with Crippen molar-refractivity contribution < 1.29 is 9.53 Å². The second-order valence-corrected chi connectivity index (χ2v) is 4.11. The van der Waals surface area contributed by atoms with Crippen molar-refractivity contribution in [1.82, 2.24) is 0 Å². The van der Waals surface area contributed by atoms with Gasteiger partial charge in [-0.1, -0.05) is 36.4 Å². The molecule has 0 saturated heterocycles. The van der Waals surface area contributed by atoms with Crippen LogP contribution in [-0.4, -0.2) is 11.8 Å². The summed E-state index contributed by atoms with van der Waals surface area (Å²) in [5, 5.41) is 0. The van der Waals surface area contributed by atoms with Crippen LogP contribution in [0, 0.1) is 0 Å². The Hall–Kier alpha value is -2.82. The van der Waals surface area contributed by atoms with Crippen LogP contribution in [0.5, 0.6) is 0 Å². The monoisotopic (exact) mass is 285 g/mol. The highest BCUT2D eigenvalue weighted by Gasteiger charge is 1.98. The van der Waals surface area contributed by atoms with Gasteiger partial charge in [-0.2, -0.15) is 0 Å². The molecule has 5 heteroatoms. The lowest BCUT2D eigenvalue weighted by molar-refractivity contribution is -0.139. The first-order valence-electron chi connectivity index (χ1n) is 6.42. The van der Waals surface area contributed by atoms with E-state index < -0.39 is 5.97 Å². The quantitative estimate of drug-likeness (QED) is 0.275. The molecule has 0 aliphatic heterocycles. The highest BCUT2D eigenvalue weighted by molar-refractivity contribution is 5.97. The number of rotatable bonds is 6. The summed E-state index contributed by atoms with van der Waals surface area (Å²) in [4.78, 5) is 15.4. The van der Waals surface area contributed by atoms with Crippen molar-refractivity contribution in [3.05, 3.63) is 72.1 Å². The molecule has 5 nitrogen and oxygen atoms in total. The molecule has 0 amide bonds. The van der Waals surface area contributed by atoms with Crippen molar-refractivity contribution in [3.8, 4) is 0 Å². The number of esters is 1. The molecule has 0 aromatic heterocycles. The van der Waals surface area contributed by atoms with Gasteiger partial charge in [0.1, 0.15) is 12.4 Å². The summed E-state index contributed by atoms with van der Waals surface area (Å²) in [5.41, 5.74) is 12.6. The molecule has 4 N–H and O–H groups in total. The van der Waals surface area contributed by atoms with Gasteiger partial charge in [0.15, 0.2) is 0 Å². The van der Waals surface area contributed by atoms with Crippen LogP contribution >= 0.6 is 0 Å². The molecule has 21 heavy (non-hydrogen) atoms. The predicted molar refractivity (Wildman–Crippen MR) is 84.1 cm³/mol. The van der Waals surface area contributed by atoms with Gasteiger partial charge in [0.05, 0.1) is 6.20 Å². The van der Waals surface area contributed by atoms with E-state index in [-0.39, 0.29) is 12.4 Å². The zero-order valence-electron chi connectivity index (χ0n) is 11.9. The van der Waals surface area contributed by atoms with Gasteiger partial charge in [-0.3, -0.25) is 0 Å². The summed E-state index contributed by atoms with van der Waals surface area (Å²) >= 11 is 0. The van der Waals surface area contributed by atoms with Gasteiger partial charge in [0, 0.05) is 11.8 Å². The Morgan fingerprint density at radius 1 is 1.19 bits per heavy atom. The van der Waals surface area contributed by atoms with Gasteiger partial charge in [-0.05, 0) is 24.6 Å². The lowest BCUT2D eigenvalue weighted by atomic mass is 10.2. The van der Waals surface area contributed by atoms with E-state index in [0.29, 0.717) is 5.70 Å². The number of carbonyl (C=O) groups is 1. The number of hydrogen-bond acceptors (Lipinski definition) is 4. The maximum absolute atomic E-state index is 11.5. The van der Waals surface area contributed by atoms with E-state index >= 15 is 0 Å². The van der Waals surface area contributed by atoms with E-state index in [1.165, 1.54) is 18.4 Å². The Bertz CT molecular complexity index is 572. The normalized spacial score (nSPS) is 13.0. The zero-order chi connectivity index (χ0) is 15.5. The van der Waals surface area contributed by atoms with Crippen LogP contribution in [-0.2, 0) is 16.1 Å². The van der Waals surface area contributed by atoms with E-state index in [2.05, 4.69) is 4.99 Å². The first-order chi connectivity index (χ1) is 10.1. The van der Waals surface area contributed by atoms with Gasteiger partial charge >= 0.3 is 5.97 Å². The average Bonchev–Trinajstić information content (AvgIpc) is 2.50. The Kier molecular flexibility index (Phi) is 7.07.